The Labute approximate surface area is 113 Å². The zero-order valence-corrected chi connectivity index (χ0v) is 11.2. The third-order valence-electron chi connectivity index (χ3n) is 3.16. The average molecular weight is 259 g/mol. The van der Waals surface area contributed by atoms with Crippen LogP contribution < -0.4 is 10.1 Å². The Hall–Kier alpha value is -1.87. The second-order valence-electron chi connectivity index (χ2n) is 4.44. The van der Waals surface area contributed by atoms with Crippen LogP contribution in [0.1, 0.15) is 24.1 Å². The van der Waals surface area contributed by atoms with E-state index in [0.29, 0.717) is 12.1 Å². The van der Waals surface area contributed by atoms with Gasteiger partial charge in [-0.2, -0.15) is 0 Å². The van der Waals surface area contributed by atoms with Crippen molar-refractivity contribution in [3.05, 3.63) is 65.5 Å². The van der Waals surface area contributed by atoms with Gasteiger partial charge in [0.15, 0.2) is 0 Å². The van der Waals surface area contributed by atoms with E-state index in [1.54, 1.807) is 19.2 Å². The van der Waals surface area contributed by atoms with Crippen LogP contribution in [-0.2, 0) is 6.54 Å². The highest BCUT2D eigenvalue weighted by atomic mass is 19.1. The van der Waals surface area contributed by atoms with Gasteiger partial charge in [-0.15, -0.1) is 0 Å². The van der Waals surface area contributed by atoms with Gasteiger partial charge in [-0.3, -0.25) is 0 Å². The molecule has 0 saturated carbocycles. The second kappa shape index (κ2) is 6.34. The number of ether oxygens (including phenoxy) is 1. The third-order valence-corrected chi connectivity index (χ3v) is 3.16. The lowest BCUT2D eigenvalue weighted by molar-refractivity contribution is 0.401. The van der Waals surface area contributed by atoms with Crippen molar-refractivity contribution < 1.29 is 9.13 Å². The van der Waals surface area contributed by atoms with Gasteiger partial charge in [0.05, 0.1) is 7.11 Å². The van der Waals surface area contributed by atoms with Crippen LogP contribution in [0.25, 0.3) is 0 Å². The van der Waals surface area contributed by atoms with Crippen molar-refractivity contribution in [1.82, 2.24) is 5.32 Å². The van der Waals surface area contributed by atoms with Gasteiger partial charge in [0.2, 0.25) is 0 Å². The molecule has 0 aliphatic carbocycles. The van der Waals surface area contributed by atoms with Crippen molar-refractivity contribution in [1.29, 1.82) is 0 Å². The largest absolute Gasteiger partial charge is 0.496 e. The molecule has 2 aromatic rings. The van der Waals surface area contributed by atoms with Crippen molar-refractivity contribution in [3.63, 3.8) is 0 Å². The van der Waals surface area contributed by atoms with E-state index in [0.717, 1.165) is 11.3 Å². The summed E-state index contributed by atoms with van der Waals surface area (Å²) in [6, 6.07) is 14.7. The predicted molar refractivity (Wildman–Crippen MR) is 74.6 cm³/mol. The summed E-state index contributed by atoms with van der Waals surface area (Å²) in [6.45, 7) is 2.53. The first kappa shape index (κ1) is 13.6. The molecule has 0 saturated heterocycles. The summed E-state index contributed by atoms with van der Waals surface area (Å²) in [6.07, 6.45) is 0. The second-order valence-corrected chi connectivity index (χ2v) is 4.44. The summed E-state index contributed by atoms with van der Waals surface area (Å²) in [4.78, 5) is 0. The number of hydrogen-bond donors (Lipinski definition) is 1. The maximum absolute atomic E-state index is 13.5. The van der Waals surface area contributed by atoms with Gasteiger partial charge in [0, 0.05) is 23.7 Å². The Morgan fingerprint density at radius 3 is 2.53 bits per heavy atom. The standard InChI is InChI=1S/C16H18FNO/c1-12(14-8-4-6-10-16(14)19-2)18-11-13-7-3-5-9-15(13)17/h3-10,12,18H,11H2,1-2H3/t12-/m0/s1. The number of benzene rings is 2. The van der Waals surface area contributed by atoms with Crippen molar-refractivity contribution in [3.8, 4) is 5.75 Å². The van der Waals surface area contributed by atoms with E-state index in [1.165, 1.54) is 6.07 Å². The summed E-state index contributed by atoms with van der Waals surface area (Å²) in [5.41, 5.74) is 1.74. The van der Waals surface area contributed by atoms with Crippen LogP contribution in [0.4, 0.5) is 4.39 Å². The van der Waals surface area contributed by atoms with Crippen molar-refractivity contribution in [2.75, 3.05) is 7.11 Å². The van der Waals surface area contributed by atoms with Crippen LogP contribution in [0.3, 0.4) is 0 Å². The minimum absolute atomic E-state index is 0.0933. The molecule has 0 heterocycles. The van der Waals surface area contributed by atoms with E-state index >= 15 is 0 Å². The third kappa shape index (κ3) is 3.32. The molecule has 0 aliphatic heterocycles. The number of rotatable bonds is 5. The van der Waals surface area contributed by atoms with Gasteiger partial charge < -0.3 is 10.1 Å². The van der Waals surface area contributed by atoms with Crippen LogP contribution in [0, 0.1) is 5.82 Å². The molecule has 3 heteroatoms. The Morgan fingerprint density at radius 1 is 1.11 bits per heavy atom. The molecule has 0 aliphatic rings. The van der Waals surface area contributed by atoms with Gasteiger partial charge in [0.1, 0.15) is 11.6 Å². The van der Waals surface area contributed by atoms with E-state index in [2.05, 4.69) is 5.32 Å². The molecule has 0 unspecified atom stereocenters. The molecule has 1 atom stereocenters. The first-order valence-electron chi connectivity index (χ1n) is 6.32. The highest BCUT2D eigenvalue weighted by Crippen LogP contribution is 2.24. The number of hydrogen-bond acceptors (Lipinski definition) is 2. The quantitative estimate of drug-likeness (QED) is 0.884. The fourth-order valence-electron chi connectivity index (χ4n) is 2.04. The Kier molecular flexibility index (Phi) is 4.53. The molecule has 0 bridgehead atoms. The summed E-state index contributed by atoms with van der Waals surface area (Å²) >= 11 is 0. The van der Waals surface area contributed by atoms with Crippen LogP contribution in [0.2, 0.25) is 0 Å². The summed E-state index contributed by atoms with van der Waals surface area (Å²) < 4.78 is 18.9. The maximum atomic E-state index is 13.5. The monoisotopic (exact) mass is 259 g/mol. The summed E-state index contributed by atoms with van der Waals surface area (Å²) in [7, 11) is 1.66. The molecule has 100 valence electrons. The Morgan fingerprint density at radius 2 is 1.79 bits per heavy atom. The summed E-state index contributed by atoms with van der Waals surface area (Å²) in [5.74, 6) is 0.665. The average Bonchev–Trinajstić information content (AvgIpc) is 2.46. The highest BCUT2D eigenvalue weighted by Gasteiger charge is 2.10. The highest BCUT2D eigenvalue weighted by molar-refractivity contribution is 5.35. The Balaban J connectivity index is 2.05. The SMILES string of the molecule is COc1ccccc1[C@H](C)NCc1ccccc1F. The lowest BCUT2D eigenvalue weighted by Gasteiger charge is -2.17. The molecule has 0 spiro atoms. The zero-order valence-electron chi connectivity index (χ0n) is 11.2. The van der Waals surface area contributed by atoms with Crippen LogP contribution in [-0.4, -0.2) is 7.11 Å². The first-order chi connectivity index (χ1) is 9.22. The molecule has 0 amide bonds. The molecule has 1 N–H and O–H groups in total. The molecule has 0 aromatic heterocycles. The van der Waals surface area contributed by atoms with Crippen molar-refractivity contribution in [2.45, 2.75) is 19.5 Å². The lowest BCUT2D eigenvalue weighted by Crippen LogP contribution is -2.19. The molecule has 0 fully saturated rings. The molecule has 19 heavy (non-hydrogen) atoms. The topological polar surface area (TPSA) is 21.3 Å². The number of para-hydroxylation sites is 1. The van der Waals surface area contributed by atoms with E-state index in [-0.39, 0.29) is 11.9 Å². The van der Waals surface area contributed by atoms with E-state index < -0.39 is 0 Å². The normalized spacial score (nSPS) is 12.2. The number of methoxy groups -OCH3 is 1. The minimum Gasteiger partial charge on any atom is -0.496 e. The molecule has 2 nitrogen and oxygen atoms in total. The van der Waals surface area contributed by atoms with Crippen LogP contribution in [0.15, 0.2) is 48.5 Å². The maximum Gasteiger partial charge on any atom is 0.127 e. The van der Waals surface area contributed by atoms with Gasteiger partial charge in [-0.1, -0.05) is 36.4 Å². The van der Waals surface area contributed by atoms with Crippen molar-refractivity contribution >= 4 is 0 Å². The molecular formula is C16H18FNO. The Bertz CT molecular complexity index is 542. The van der Waals surface area contributed by atoms with Gasteiger partial charge in [-0.25, -0.2) is 4.39 Å². The van der Waals surface area contributed by atoms with Crippen LogP contribution in [0.5, 0.6) is 5.75 Å². The van der Waals surface area contributed by atoms with Crippen molar-refractivity contribution in [2.24, 2.45) is 0 Å². The zero-order chi connectivity index (χ0) is 13.7. The fraction of sp³-hybridized carbons (Fsp3) is 0.250. The summed E-state index contributed by atoms with van der Waals surface area (Å²) in [5, 5.41) is 3.31. The van der Waals surface area contributed by atoms with Crippen LogP contribution >= 0.6 is 0 Å². The van der Waals surface area contributed by atoms with Gasteiger partial charge in [0.25, 0.3) is 0 Å². The fourth-order valence-corrected chi connectivity index (χ4v) is 2.04. The molecular weight excluding hydrogens is 241 g/mol. The number of halogens is 1. The van der Waals surface area contributed by atoms with E-state index in [4.69, 9.17) is 4.74 Å². The van der Waals surface area contributed by atoms with E-state index in [1.807, 2.05) is 37.3 Å². The molecule has 0 radical (unpaired) electrons. The lowest BCUT2D eigenvalue weighted by atomic mass is 10.1. The molecule has 2 rings (SSSR count). The predicted octanol–water partition coefficient (Wildman–Crippen LogP) is 3.69. The number of nitrogens with one attached hydrogen (secondary N) is 1. The van der Waals surface area contributed by atoms with E-state index in [9.17, 15) is 4.39 Å². The smallest absolute Gasteiger partial charge is 0.127 e. The van der Waals surface area contributed by atoms with Gasteiger partial charge >= 0.3 is 0 Å². The first-order valence-corrected chi connectivity index (χ1v) is 6.32. The minimum atomic E-state index is -0.178. The van der Waals surface area contributed by atoms with Gasteiger partial charge in [-0.05, 0) is 19.1 Å². The molecule has 2 aromatic carbocycles.